The molecule has 1 saturated carbocycles. The van der Waals surface area contributed by atoms with E-state index in [0.717, 1.165) is 12.8 Å². The van der Waals surface area contributed by atoms with Crippen LogP contribution in [0.25, 0.3) is 0 Å². The maximum atomic E-state index is 12.0. The summed E-state index contributed by atoms with van der Waals surface area (Å²) in [5, 5.41) is 0. The third-order valence-electron chi connectivity index (χ3n) is 3.14. The topological polar surface area (TPSA) is 17.1 Å². The fourth-order valence-electron chi connectivity index (χ4n) is 2.17. The van der Waals surface area contributed by atoms with Gasteiger partial charge in [-0.3, -0.25) is 4.79 Å². The molecule has 2 rings (SSSR count). The average molecular weight is 215 g/mol. The molecule has 1 fully saturated rings. The van der Waals surface area contributed by atoms with Crippen LogP contribution in [-0.2, 0) is 0 Å². The molecule has 0 atom stereocenters. The molecule has 0 N–H and O–H groups in total. The molecular weight excluding hydrogens is 196 g/mol. The van der Waals surface area contributed by atoms with Gasteiger partial charge in [-0.25, -0.2) is 0 Å². The number of ketones is 1. The molecule has 0 spiro atoms. The minimum Gasteiger partial charge on any atom is -0.289 e. The van der Waals surface area contributed by atoms with E-state index in [9.17, 15) is 4.79 Å². The molecule has 84 valence electrons. The first kappa shape index (κ1) is 9.83. The molecule has 0 heterocycles. The first-order valence-electron chi connectivity index (χ1n) is 6.55. The van der Waals surface area contributed by atoms with Crippen LogP contribution < -0.4 is 0 Å². The van der Waals surface area contributed by atoms with Gasteiger partial charge in [0.2, 0.25) is 0 Å². The molecule has 1 nitrogen and oxygen atoms in total. The third kappa shape index (κ3) is 3.06. The number of hydrogen-bond acceptors (Lipinski definition) is 1. The summed E-state index contributed by atoms with van der Waals surface area (Å²) < 4.78 is 7.86. The Balaban J connectivity index is 2.06. The van der Waals surface area contributed by atoms with Crippen molar-refractivity contribution in [3.8, 4) is 0 Å². The first-order chi connectivity index (χ1) is 8.27. The zero-order valence-electron chi connectivity index (χ0n) is 10.5. The summed E-state index contributed by atoms with van der Waals surface area (Å²) in [6.07, 6.45) is 7.87. The Hall–Kier alpha value is -1.37. The van der Waals surface area contributed by atoms with Gasteiger partial charge < -0.3 is 0 Å². The second-order valence-corrected chi connectivity index (χ2v) is 4.40. The van der Waals surface area contributed by atoms with Gasteiger partial charge in [0, 0.05) is 5.56 Å². The van der Waals surface area contributed by atoms with Gasteiger partial charge in [0.15, 0.2) is 5.78 Å². The standard InChI is InChI=1S/C15H18O/c16-15(14-9-5-2-6-10-14)12-11-13-7-3-1-4-8-13/h2,5-6,9-13H,1,3-4,7-8H2/b12-11+/i12D. The average Bonchev–Trinajstić information content (AvgIpc) is 2.40. The van der Waals surface area contributed by atoms with E-state index in [1.165, 1.54) is 19.3 Å². The fraction of sp³-hybridized carbons (Fsp3) is 0.400. The molecule has 1 heteroatoms. The first-order valence-corrected chi connectivity index (χ1v) is 6.05. The van der Waals surface area contributed by atoms with Crippen molar-refractivity contribution in [2.24, 2.45) is 5.92 Å². The van der Waals surface area contributed by atoms with Crippen molar-refractivity contribution in [3.63, 3.8) is 0 Å². The molecule has 1 aliphatic rings. The van der Waals surface area contributed by atoms with E-state index < -0.39 is 0 Å². The number of rotatable bonds is 3. The van der Waals surface area contributed by atoms with Gasteiger partial charge in [-0.05, 0) is 24.8 Å². The lowest BCUT2D eigenvalue weighted by Crippen LogP contribution is -2.04. The minimum absolute atomic E-state index is 0.156. The number of carbonyl (C=O) groups is 1. The zero-order valence-corrected chi connectivity index (χ0v) is 9.49. The van der Waals surface area contributed by atoms with Gasteiger partial charge in [-0.15, -0.1) is 0 Å². The molecule has 1 aromatic carbocycles. The summed E-state index contributed by atoms with van der Waals surface area (Å²) in [5.74, 6) is 0.278. The quantitative estimate of drug-likeness (QED) is 0.550. The van der Waals surface area contributed by atoms with E-state index in [1.54, 1.807) is 12.1 Å². The molecule has 0 aromatic heterocycles. The van der Waals surface area contributed by atoms with E-state index >= 15 is 0 Å². The van der Waals surface area contributed by atoms with Gasteiger partial charge in [-0.2, -0.15) is 0 Å². The van der Waals surface area contributed by atoms with Crippen molar-refractivity contribution >= 4 is 5.78 Å². The van der Waals surface area contributed by atoms with E-state index in [-0.39, 0.29) is 11.8 Å². The molecule has 0 bridgehead atoms. The van der Waals surface area contributed by atoms with E-state index in [2.05, 4.69) is 0 Å². The number of carbonyl (C=O) groups excluding carboxylic acids is 1. The smallest absolute Gasteiger partial charge is 0.185 e. The highest BCUT2D eigenvalue weighted by atomic mass is 16.1. The molecule has 0 aliphatic heterocycles. The van der Waals surface area contributed by atoms with Crippen LogP contribution in [0.1, 0.15) is 43.8 Å². The number of benzene rings is 1. The second-order valence-electron chi connectivity index (χ2n) is 4.40. The Bertz CT molecular complexity index is 402. The van der Waals surface area contributed by atoms with Crippen LogP contribution in [0.3, 0.4) is 0 Å². The lowest BCUT2D eigenvalue weighted by molar-refractivity contribution is 0.104. The molecule has 0 amide bonds. The predicted octanol–water partition coefficient (Wildman–Crippen LogP) is 4.01. The van der Waals surface area contributed by atoms with Gasteiger partial charge in [-0.1, -0.05) is 55.7 Å². The monoisotopic (exact) mass is 215 g/mol. The molecule has 0 saturated heterocycles. The van der Waals surface area contributed by atoms with Crippen molar-refractivity contribution in [3.05, 3.63) is 48.0 Å². The van der Waals surface area contributed by atoms with Crippen molar-refractivity contribution in [2.75, 3.05) is 0 Å². The largest absolute Gasteiger partial charge is 0.289 e. The molecule has 16 heavy (non-hydrogen) atoms. The summed E-state index contributed by atoms with van der Waals surface area (Å²) in [7, 11) is 0. The molecule has 1 aromatic rings. The molecular formula is C15H18O. The lowest BCUT2D eigenvalue weighted by atomic mass is 9.89. The van der Waals surface area contributed by atoms with E-state index in [1.807, 2.05) is 24.3 Å². The maximum absolute atomic E-state index is 12.0. The van der Waals surface area contributed by atoms with Crippen molar-refractivity contribution in [2.45, 2.75) is 32.1 Å². The highest BCUT2D eigenvalue weighted by Crippen LogP contribution is 2.24. The van der Waals surface area contributed by atoms with E-state index in [4.69, 9.17) is 1.37 Å². The summed E-state index contributed by atoms with van der Waals surface area (Å²) in [5.41, 5.74) is 0.615. The van der Waals surface area contributed by atoms with Crippen LogP contribution in [0, 0.1) is 5.92 Å². The van der Waals surface area contributed by atoms with Gasteiger partial charge in [0.05, 0.1) is 1.37 Å². The zero-order chi connectivity index (χ0) is 12.1. The Morgan fingerprint density at radius 3 is 2.56 bits per heavy atom. The summed E-state index contributed by atoms with van der Waals surface area (Å²) in [6.45, 7) is 0. The van der Waals surface area contributed by atoms with Gasteiger partial charge in [0.1, 0.15) is 0 Å². The van der Waals surface area contributed by atoms with Gasteiger partial charge >= 0.3 is 0 Å². The molecule has 0 unspecified atom stereocenters. The van der Waals surface area contributed by atoms with Gasteiger partial charge in [0.25, 0.3) is 0 Å². The van der Waals surface area contributed by atoms with Crippen LogP contribution in [0.15, 0.2) is 42.5 Å². The highest BCUT2D eigenvalue weighted by Gasteiger charge is 2.10. The Morgan fingerprint density at radius 2 is 1.88 bits per heavy atom. The fourth-order valence-corrected chi connectivity index (χ4v) is 2.17. The number of hydrogen-bond donors (Lipinski definition) is 0. The summed E-state index contributed by atoms with van der Waals surface area (Å²) in [6, 6.07) is 9.24. The van der Waals surface area contributed by atoms with E-state index in [0.29, 0.717) is 11.5 Å². The third-order valence-corrected chi connectivity index (χ3v) is 3.14. The summed E-state index contributed by atoms with van der Waals surface area (Å²) >= 11 is 0. The summed E-state index contributed by atoms with van der Waals surface area (Å²) in [4.78, 5) is 12.0. The predicted molar refractivity (Wildman–Crippen MR) is 66.5 cm³/mol. The number of allylic oxidation sites excluding steroid dienone is 2. The van der Waals surface area contributed by atoms with Crippen molar-refractivity contribution in [1.29, 1.82) is 0 Å². The van der Waals surface area contributed by atoms with Crippen molar-refractivity contribution in [1.82, 2.24) is 0 Å². The normalized spacial score (nSPS) is 19.2. The minimum atomic E-state index is -0.156. The Labute approximate surface area is 98.6 Å². The second kappa shape index (κ2) is 5.64. The SMILES string of the molecule is [2H]/C(=C\C1CCCCC1)C(=O)c1ccccc1. The van der Waals surface area contributed by atoms with Crippen LogP contribution in [-0.4, -0.2) is 5.78 Å². The molecule has 1 aliphatic carbocycles. The molecule has 0 radical (unpaired) electrons. The lowest BCUT2D eigenvalue weighted by Gasteiger charge is -2.17. The van der Waals surface area contributed by atoms with Crippen molar-refractivity contribution < 1.29 is 6.17 Å². The van der Waals surface area contributed by atoms with Crippen LogP contribution in [0.4, 0.5) is 0 Å². The highest BCUT2D eigenvalue weighted by molar-refractivity contribution is 6.04. The Morgan fingerprint density at radius 1 is 1.19 bits per heavy atom. The maximum Gasteiger partial charge on any atom is 0.185 e. The van der Waals surface area contributed by atoms with Crippen LogP contribution >= 0.6 is 0 Å². The van der Waals surface area contributed by atoms with Crippen LogP contribution in [0.2, 0.25) is 0 Å². The van der Waals surface area contributed by atoms with Crippen LogP contribution in [0.5, 0.6) is 0 Å². The Kier molecular flexibility index (Phi) is 3.47.